The number of carbonyl (C=O) groups is 2. The number of oxime groups is 1. The molecular weight excluding hydrogens is 753 g/mol. The largest absolute Gasteiger partial charge is 0.458 e. The van der Waals surface area contributed by atoms with Gasteiger partial charge in [0.1, 0.15) is 17.8 Å². The molecule has 0 unspecified atom stereocenters. The Morgan fingerprint density at radius 2 is 1.19 bits per heavy atom. The summed E-state index contributed by atoms with van der Waals surface area (Å²) in [6, 6.07) is 54.3. The molecule has 0 saturated heterocycles. The summed E-state index contributed by atoms with van der Waals surface area (Å²) in [6.07, 6.45) is -0.801. The lowest BCUT2D eigenvalue weighted by Gasteiger charge is -2.36. The summed E-state index contributed by atoms with van der Waals surface area (Å²) >= 11 is 1.27. The molecule has 7 rings (SSSR count). The zero-order valence-electron chi connectivity index (χ0n) is 30.9. The molecule has 11 nitrogen and oxygen atoms in total. The molecule has 0 saturated carbocycles. The van der Waals surface area contributed by atoms with E-state index in [4.69, 9.17) is 19.3 Å². The number of nitrogens with one attached hydrogen (secondary N) is 1. The van der Waals surface area contributed by atoms with E-state index in [1.54, 1.807) is 5.38 Å². The van der Waals surface area contributed by atoms with Gasteiger partial charge in [-0.25, -0.2) is 14.6 Å². The molecule has 0 atom stereocenters. The monoisotopic (exact) mass is 788 g/mol. The van der Waals surface area contributed by atoms with Crippen LogP contribution in [0.3, 0.4) is 0 Å². The average Bonchev–Trinajstić information content (AvgIpc) is 3.74. The third kappa shape index (κ3) is 9.15. The zero-order valence-corrected chi connectivity index (χ0v) is 31.7. The Kier molecular flexibility index (Phi) is 12.4. The van der Waals surface area contributed by atoms with Crippen molar-refractivity contribution in [3.05, 3.63) is 230 Å². The van der Waals surface area contributed by atoms with Crippen molar-refractivity contribution in [3.63, 3.8) is 0 Å². The average molecular weight is 789 g/mol. The Hall–Kier alpha value is -7.44. The fraction of sp³-hybridized carbons (Fsp3) is 0.0870. The van der Waals surface area contributed by atoms with Crippen LogP contribution >= 0.6 is 11.3 Å². The van der Waals surface area contributed by atoms with Crippen LogP contribution in [0.4, 0.5) is 10.8 Å². The molecule has 1 N–H and O–H groups in total. The van der Waals surface area contributed by atoms with E-state index >= 15 is 0 Å². The van der Waals surface area contributed by atoms with Crippen LogP contribution in [-0.4, -0.2) is 34.2 Å². The second-order valence-corrected chi connectivity index (χ2v) is 13.8. The van der Waals surface area contributed by atoms with Gasteiger partial charge in [-0.05, 0) is 45.5 Å². The number of thiazole rings is 1. The molecule has 0 radical (unpaired) electrons. The number of rotatable bonds is 16. The number of hydrogen-bond donors (Lipinski definition) is 1. The van der Waals surface area contributed by atoms with Crippen molar-refractivity contribution in [2.24, 2.45) is 5.16 Å². The van der Waals surface area contributed by atoms with E-state index in [0.717, 1.165) is 27.8 Å². The molecule has 0 aliphatic heterocycles. The third-order valence-electron chi connectivity index (χ3n) is 9.17. The summed E-state index contributed by atoms with van der Waals surface area (Å²) in [6.45, 7) is -0.791. The van der Waals surface area contributed by atoms with Crippen LogP contribution in [0.2, 0.25) is 0 Å². The fourth-order valence-corrected chi connectivity index (χ4v) is 7.14. The van der Waals surface area contributed by atoms with Gasteiger partial charge in [-0.2, -0.15) is 0 Å². The number of ether oxygens (including phenoxy) is 2. The van der Waals surface area contributed by atoms with E-state index in [-0.39, 0.29) is 23.7 Å². The smallest absolute Gasteiger partial charge is 0.363 e. The van der Waals surface area contributed by atoms with E-state index in [9.17, 15) is 19.7 Å². The minimum Gasteiger partial charge on any atom is -0.458 e. The number of anilines is 1. The van der Waals surface area contributed by atoms with Crippen molar-refractivity contribution in [2.45, 2.75) is 18.2 Å². The van der Waals surface area contributed by atoms with Gasteiger partial charge in [0.2, 0.25) is 12.3 Å². The predicted molar refractivity (Wildman–Crippen MR) is 221 cm³/mol. The zero-order chi connectivity index (χ0) is 40.2. The normalized spacial score (nSPS) is 11.4. The van der Waals surface area contributed by atoms with E-state index in [1.807, 2.05) is 152 Å². The Morgan fingerprint density at radius 1 is 0.707 bits per heavy atom. The van der Waals surface area contributed by atoms with Gasteiger partial charge >= 0.3 is 11.9 Å². The van der Waals surface area contributed by atoms with E-state index in [1.165, 1.54) is 35.6 Å². The first-order valence-corrected chi connectivity index (χ1v) is 19.1. The molecule has 0 fully saturated rings. The minimum atomic E-state index is -0.896. The number of non-ortho nitro benzene ring substituents is 1. The lowest BCUT2D eigenvalue weighted by Crippen LogP contribution is -2.38. The lowest BCUT2D eigenvalue weighted by atomic mass is 9.77. The molecule has 0 bridgehead atoms. The standard InChI is InChI=1S/C46H36N4O7S/c51-41(55-30-33-26-28-39(29-27-33)50(53)54)31-56-49-42(44(52)57-43(34-16-6-1-7-17-34)35-18-8-2-9-19-35)40-32-58-45(47-40)48-46(36-20-10-3-11-21-36,37-22-12-4-13-23-37)38-24-14-5-15-25-38/h1-29,32,43H,30-31H2,(H,47,48)/b49-42+. The maximum atomic E-state index is 14.3. The maximum absolute atomic E-state index is 14.3. The van der Waals surface area contributed by atoms with Crippen molar-refractivity contribution in [1.29, 1.82) is 0 Å². The highest BCUT2D eigenvalue weighted by molar-refractivity contribution is 7.14. The highest BCUT2D eigenvalue weighted by Gasteiger charge is 2.37. The highest BCUT2D eigenvalue weighted by atomic mass is 32.1. The number of carbonyl (C=O) groups excluding carboxylic acids is 2. The Labute approximate surface area is 338 Å². The summed E-state index contributed by atoms with van der Waals surface area (Å²) in [5.74, 6) is -1.62. The summed E-state index contributed by atoms with van der Waals surface area (Å²) in [7, 11) is 0. The number of nitrogens with zero attached hydrogens (tertiary/aromatic N) is 3. The van der Waals surface area contributed by atoms with Crippen LogP contribution in [0.25, 0.3) is 0 Å². The van der Waals surface area contributed by atoms with Gasteiger partial charge in [-0.15, -0.1) is 11.3 Å². The van der Waals surface area contributed by atoms with Crippen LogP contribution in [0, 0.1) is 10.1 Å². The number of aromatic nitrogens is 1. The summed E-state index contributed by atoms with van der Waals surface area (Å²) in [5.41, 5.74) is 3.79. The van der Waals surface area contributed by atoms with Gasteiger partial charge in [-0.3, -0.25) is 10.1 Å². The van der Waals surface area contributed by atoms with Gasteiger partial charge in [0.25, 0.3) is 5.69 Å². The van der Waals surface area contributed by atoms with E-state index in [2.05, 4.69) is 10.5 Å². The van der Waals surface area contributed by atoms with Gasteiger partial charge in [0.15, 0.2) is 11.2 Å². The molecule has 288 valence electrons. The molecular formula is C46H36N4O7S. The van der Waals surface area contributed by atoms with Gasteiger partial charge < -0.3 is 19.6 Å². The molecule has 6 aromatic carbocycles. The van der Waals surface area contributed by atoms with E-state index < -0.39 is 35.1 Å². The molecule has 58 heavy (non-hydrogen) atoms. The van der Waals surface area contributed by atoms with Crippen molar-refractivity contribution in [3.8, 4) is 0 Å². The number of esters is 2. The second-order valence-electron chi connectivity index (χ2n) is 12.9. The molecule has 0 aliphatic rings. The maximum Gasteiger partial charge on any atom is 0.363 e. The summed E-state index contributed by atoms with van der Waals surface area (Å²) < 4.78 is 11.5. The first-order valence-electron chi connectivity index (χ1n) is 18.2. The number of nitro benzene ring substituents is 1. The highest BCUT2D eigenvalue weighted by Crippen LogP contribution is 2.40. The Balaban J connectivity index is 1.21. The molecule has 0 amide bonds. The quantitative estimate of drug-likeness (QED) is 0.0333. The van der Waals surface area contributed by atoms with Crippen molar-refractivity contribution in [1.82, 2.24) is 4.98 Å². The molecule has 1 heterocycles. The van der Waals surface area contributed by atoms with Gasteiger partial charge in [0.05, 0.1) is 4.92 Å². The number of hydrogen-bond acceptors (Lipinski definition) is 11. The number of nitro groups is 1. The summed E-state index contributed by atoms with van der Waals surface area (Å²) in [5, 5.41) is 21.0. The van der Waals surface area contributed by atoms with Crippen molar-refractivity contribution >= 4 is 39.8 Å². The SMILES string of the molecule is O=C(CO/N=C(/C(=O)OC(c1ccccc1)c1ccccc1)c1csc(NC(c2ccccc2)(c2ccccc2)c2ccccc2)n1)OCc1ccc([N+](=O)[O-])cc1. The van der Waals surface area contributed by atoms with Crippen LogP contribution in [0.15, 0.2) is 186 Å². The second kappa shape index (κ2) is 18.5. The first kappa shape index (κ1) is 38.8. The van der Waals surface area contributed by atoms with Crippen LogP contribution < -0.4 is 5.32 Å². The predicted octanol–water partition coefficient (Wildman–Crippen LogP) is 9.25. The third-order valence-corrected chi connectivity index (χ3v) is 9.93. The van der Waals surface area contributed by atoms with Crippen molar-refractivity contribution < 1.29 is 28.8 Å². The first-order chi connectivity index (χ1) is 28.4. The van der Waals surface area contributed by atoms with Crippen LogP contribution in [-0.2, 0) is 36.0 Å². The molecule has 7 aromatic rings. The Bertz CT molecular complexity index is 2330. The fourth-order valence-electron chi connectivity index (χ4n) is 6.39. The van der Waals surface area contributed by atoms with Gasteiger partial charge in [-0.1, -0.05) is 157 Å². The van der Waals surface area contributed by atoms with Gasteiger partial charge in [0, 0.05) is 17.5 Å². The summed E-state index contributed by atoms with van der Waals surface area (Å²) in [4.78, 5) is 47.8. The molecule has 1 aromatic heterocycles. The van der Waals surface area contributed by atoms with Crippen LogP contribution in [0.1, 0.15) is 45.2 Å². The Morgan fingerprint density at radius 3 is 1.67 bits per heavy atom. The van der Waals surface area contributed by atoms with Crippen LogP contribution in [0.5, 0.6) is 0 Å². The topological polar surface area (TPSA) is 142 Å². The molecule has 12 heteroatoms. The van der Waals surface area contributed by atoms with E-state index in [0.29, 0.717) is 10.7 Å². The minimum absolute atomic E-state index is 0.0831. The lowest BCUT2D eigenvalue weighted by molar-refractivity contribution is -0.384. The van der Waals surface area contributed by atoms with Crippen molar-refractivity contribution in [2.75, 3.05) is 11.9 Å². The molecule has 0 spiro atoms. The number of benzene rings is 6. The molecule has 0 aliphatic carbocycles.